The summed E-state index contributed by atoms with van der Waals surface area (Å²) in [6.45, 7) is 1.98. The normalized spacial score (nSPS) is 9.83. The summed E-state index contributed by atoms with van der Waals surface area (Å²) in [5.41, 5.74) is 0. The van der Waals surface area contributed by atoms with E-state index in [1.807, 2.05) is 13.0 Å². The van der Waals surface area contributed by atoms with Gasteiger partial charge in [-0.25, -0.2) is 0 Å². The van der Waals surface area contributed by atoms with E-state index in [9.17, 15) is 4.79 Å². The lowest BCUT2D eigenvalue weighted by Crippen LogP contribution is -2.20. The van der Waals surface area contributed by atoms with Crippen LogP contribution in [0.15, 0.2) is 16.5 Å². The molecule has 0 saturated heterocycles. The molecule has 0 aliphatic heterocycles. The van der Waals surface area contributed by atoms with Crippen molar-refractivity contribution in [1.82, 2.24) is 5.32 Å². The summed E-state index contributed by atoms with van der Waals surface area (Å²) >= 11 is 2.07. The zero-order valence-corrected chi connectivity index (χ0v) is 8.92. The molecule has 1 aromatic heterocycles. The minimum Gasteiger partial charge on any atom is -0.456 e. The van der Waals surface area contributed by atoms with Gasteiger partial charge in [-0.15, -0.1) is 0 Å². The Morgan fingerprint density at radius 3 is 2.92 bits per heavy atom. The van der Waals surface area contributed by atoms with Crippen molar-refractivity contribution in [3.05, 3.63) is 23.7 Å². The van der Waals surface area contributed by atoms with Crippen LogP contribution in [0.3, 0.4) is 0 Å². The van der Waals surface area contributed by atoms with E-state index >= 15 is 0 Å². The number of carbonyl (C=O) groups is 1. The fraction of sp³-hybridized carbons (Fsp3) is 0.375. The largest absolute Gasteiger partial charge is 0.456 e. The van der Waals surface area contributed by atoms with Crippen LogP contribution >= 0.6 is 22.6 Å². The minimum absolute atomic E-state index is 0.149. The Balaban J connectivity index is 2.68. The van der Waals surface area contributed by atoms with Gasteiger partial charge in [0.15, 0.2) is 5.76 Å². The summed E-state index contributed by atoms with van der Waals surface area (Å²) in [7, 11) is 0. The Bertz CT molecular complexity index is 270. The molecule has 66 valence electrons. The lowest BCUT2D eigenvalue weighted by Gasteiger charge is -1.95. The van der Waals surface area contributed by atoms with E-state index in [2.05, 4.69) is 27.9 Å². The van der Waals surface area contributed by atoms with Crippen molar-refractivity contribution in [1.29, 1.82) is 0 Å². The van der Waals surface area contributed by atoms with Crippen LogP contribution in [0.1, 0.15) is 23.2 Å². The van der Waals surface area contributed by atoms with Crippen LogP contribution in [-0.4, -0.2) is 10.5 Å². The lowest BCUT2D eigenvalue weighted by molar-refractivity contribution is 0.0933. The Hall–Kier alpha value is -0.520. The summed E-state index contributed by atoms with van der Waals surface area (Å²) in [4.78, 5) is 11.2. The molecule has 0 aliphatic rings. The number of aryl methyl sites for hydroxylation is 1. The highest BCUT2D eigenvalue weighted by Crippen LogP contribution is 2.07. The summed E-state index contributed by atoms with van der Waals surface area (Å²) in [6, 6.07) is 3.52. The van der Waals surface area contributed by atoms with E-state index in [0.29, 0.717) is 10.3 Å². The Morgan fingerprint density at radius 1 is 1.67 bits per heavy atom. The molecule has 0 unspecified atom stereocenters. The topological polar surface area (TPSA) is 42.2 Å². The van der Waals surface area contributed by atoms with Crippen LogP contribution in [0.5, 0.6) is 0 Å². The minimum atomic E-state index is -0.149. The van der Waals surface area contributed by atoms with Crippen LogP contribution in [-0.2, 0) is 6.42 Å². The molecule has 1 amide bonds. The fourth-order valence-corrected chi connectivity index (χ4v) is 1.18. The zero-order chi connectivity index (χ0) is 8.97. The molecular formula is C8H10INO2. The van der Waals surface area contributed by atoms with E-state index in [1.54, 1.807) is 6.07 Å². The molecule has 0 aliphatic carbocycles. The number of halogens is 1. The molecule has 12 heavy (non-hydrogen) atoms. The van der Waals surface area contributed by atoms with E-state index in [0.717, 1.165) is 12.2 Å². The number of nitrogens with one attached hydrogen (secondary N) is 1. The Labute approximate surface area is 84.7 Å². The van der Waals surface area contributed by atoms with E-state index in [-0.39, 0.29) is 5.91 Å². The highest BCUT2D eigenvalue weighted by molar-refractivity contribution is 14.1. The Kier molecular flexibility index (Phi) is 3.58. The standard InChI is InChI=1S/C8H10INO2/c1-2-6-3-4-7(12-6)8(11)10-5-9/h3-4H,2,5H2,1H3,(H,10,11). The van der Waals surface area contributed by atoms with Crippen LogP contribution in [0.4, 0.5) is 0 Å². The second-order valence-electron chi connectivity index (χ2n) is 2.26. The predicted octanol–water partition coefficient (Wildman–Crippen LogP) is 1.96. The maximum Gasteiger partial charge on any atom is 0.287 e. The van der Waals surface area contributed by atoms with Crippen molar-refractivity contribution in [3.63, 3.8) is 0 Å². The predicted molar refractivity (Wildman–Crippen MR) is 54.4 cm³/mol. The molecule has 3 nitrogen and oxygen atoms in total. The van der Waals surface area contributed by atoms with Gasteiger partial charge in [-0.3, -0.25) is 4.79 Å². The molecule has 1 rings (SSSR count). The van der Waals surface area contributed by atoms with Crippen molar-refractivity contribution in [2.75, 3.05) is 4.55 Å². The van der Waals surface area contributed by atoms with Crippen molar-refractivity contribution in [2.45, 2.75) is 13.3 Å². The molecule has 0 aromatic carbocycles. The average Bonchev–Trinajstić information content (AvgIpc) is 2.52. The molecule has 0 atom stereocenters. The van der Waals surface area contributed by atoms with Gasteiger partial charge in [0, 0.05) is 6.42 Å². The first kappa shape index (κ1) is 9.57. The first-order chi connectivity index (χ1) is 5.77. The van der Waals surface area contributed by atoms with Gasteiger partial charge in [-0.2, -0.15) is 0 Å². The van der Waals surface area contributed by atoms with Gasteiger partial charge in [-0.05, 0) is 12.1 Å². The highest BCUT2D eigenvalue weighted by atomic mass is 127. The van der Waals surface area contributed by atoms with Crippen molar-refractivity contribution >= 4 is 28.5 Å². The molecule has 1 aromatic rings. The summed E-state index contributed by atoms with van der Waals surface area (Å²) in [5.74, 6) is 1.08. The van der Waals surface area contributed by atoms with Gasteiger partial charge >= 0.3 is 0 Å². The third-order valence-corrected chi connectivity index (χ3v) is 1.84. The molecule has 0 bridgehead atoms. The highest BCUT2D eigenvalue weighted by Gasteiger charge is 2.08. The number of carbonyl (C=O) groups excluding carboxylic acids is 1. The Morgan fingerprint density at radius 2 is 2.42 bits per heavy atom. The summed E-state index contributed by atoms with van der Waals surface area (Å²) in [6.07, 6.45) is 0.817. The first-order valence-corrected chi connectivity index (χ1v) is 5.23. The molecule has 0 spiro atoms. The monoisotopic (exact) mass is 279 g/mol. The second kappa shape index (κ2) is 4.49. The first-order valence-electron chi connectivity index (χ1n) is 3.70. The van der Waals surface area contributed by atoms with Crippen LogP contribution in [0.25, 0.3) is 0 Å². The quantitative estimate of drug-likeness (QED) is 0.522. The third kappa shape index (κ3) is 2.23. The fourth-order valence-electron chi connectivity index (χ4n) is 0.838. The van der Waals surface area contributed by atoms with Crippen LogP contribution < -0.4 is 5.32 Å². The van der Waals surface area contributed by atoms with Gasteiger partial charge < -0.3 is 9.73 Å². The third-order valence-electron chi connectivity index (χ3n) is 1.46. The maximum absolute atomic E-state index is 11.2. The molecule has 0 saturated carbocycles. The summed E-state index contributed by atoms with van der Waals surface area (Å²) in [5, 5.41) is 2.65. The van der Waals surface area contributed by atoms with Gasteiger partial charge in [0.05, 0.1) is 4.55 Å². The second-order valence-corrected chi connectivity index (χ2v) is 3.02. The maximum atomic E-state index is 11.2. The van der Waals surface area contributed by atoms with E-state index < -0.39 is 0 Å². The molecule has 0 radical (unpaired) electrons. The number of furan rings is 1. The lowest BCUT2D eigenvalue weighted by atomic mass is 10.3. The number of alkyl halides is 1. The van der Waals surface area contributed by atoms with Gasteiger partial charge in [0.2, 0.25) is 0 Å². The van der Waals surface area contributed by atoms with Crippen molar-refractivity contribution in [2.24, 2.45) is 0 Å². The van der Waals surface area contributed by atoms with E-state index in [4.69, 9.17) is 4.42 Å². The number of hydrogen-bond donors (Lipinski definition) is 1. The van der Waals surface area contributed by atoms with Crippen LogP contribution in [0.2, 0.25) is 0 Å². The number of rotatable bonds is 3. The SMILES string of the molecule is CCc1ccc(C(=O)NCI)o1. The van der Waals surface area contributed by atoms with Gasteiger partial charge in [0.1, 0.15) is 5.76 Å². The molecular weight excluding hydrogens is 269 g/mol. The van der Waals surface area contributed by atoms with Crippen LogP contribution in [0, 0.1) is 0 Å². The average molecular weight is 279 g/mol. The molecule has 1 N–H and O–H groups in total. The number of amides is 1. The zero-order valence-electron chi connectivity index (χ0n) is 6.76. The molecule has 0 fully saturated rings. The van der Waals surface area contributed by atoms with Crippen molar-refractivity contribution in [3.8, 4) is 0 Å². The molecule has 1 heterocycles. The smallest absolute Gasteiger partial charge is 0.287 e. The van der Waals surface area contributed by atoms with Crippen molar-refractivity contribution < 1.29 is 9.21 Å². The van der Waals surface area contributed by atoms with Gasteiger partial charge in [0.25, 0.3) is 5.91 Å². The van der Waals surface area contributed by atoms with E-state index in [1.165, 1.54) is 0 Å². The van der Waals surface area contributed by atoms with Gasteiger partial charge in [-0.1, -0.05) is 29.5 Å². The summed E-state index contributed by atoms with van der Waals surface area (Å²) < 4.78 is 5.83. The molecule has 4 heteroatoms. The number of hydrogen-bond acceptors (Lipinski definition) is 2.